The highest BCUT2D eigenvalue weighted by Crippen LogP contribution is 2.32. The van der Waals surface area contributed by atoms with Gasteiger partial charge in [0, 0.05) is 24.3 Å². The number of carbonyl (C=O) groups is 2. The van der Waals surface area contributed by atoms with Gasteiger partial charge in [0.05, 0.1) is 29.7 Å². The van der Waals surface area contributed by atoms with Gasteiger partial charge in [-0.05, 0) is 50.7 Å². The van der Waals surface area contributed by atoms with E-state index < -0.39 is 35.6 Å². The monoisotopic (exact) mass is 506 g/mol. The van der Waals surface area contributed by atoms with Gasteiger partial charge in [-0.1, -0.05) is 39.3 Å². The molecule has 0 radical (unpaired) electrons. The fourth-order valence-corrected chi connectivity index (χ4v) is 5.07. The van der Waals surface area contributed by atoms with Crippen LogP contribution in [0.4, 0.5) is 0 Å². The van der Waals surface area contributed by atoms with Crippen LogP contribution in [-0.4, -0.2) is 45.3 Å². The number of aliphatic hydroxyl groups is 2. The van der Waals surface area contributed by atoms with Crippen molar-refractivity contribution in [1.82, 2.24) is 4.98 Å². The summed E-state index contributed by atoms with van der Waals surface area (Å²) in [4.78, 5) is 30.5. The molecule has 8 heteroatoms. The number of hydrogen-bond acceptors (Lipinski definition) is 8. The molecule has 2 heterocycles. The molecule has 7 nitrogen and oxygen atoms in total. The number of aromatic nitrogens is 1. The van der Waals surface area contributed by atoms with Crippen LogP contribution < -0.4 is 5.73 Å². The second-order valence-electron chi connectivity index (χ2n) is 10.5. The molecular formula is C27H42N2O5S. The first-order valence-electron chi connectivity index (χ1n) is 12.4. The lowest BCUT2D eigenvalue weighted by atomic mass is 9.73. The first-order valence-corrected chi connectivity index (χ1v) is 13.3. The Hall–Kier alpha value is -1.87. The Morgan fingerprint density at radius 3 is 2.63 bits per heavy atom. The minimum atomic E-state index is -1.23. The van der Waals surface area contributed by atoms with E-state index in [1.54, 1.807) is 20.8 Å². The summed E-state index contributed by atoms with van der Waals surface area (Å²) in [6.45, 7) is 11.2. The molecule has 35 heavy (non-hydrogen) atoms. The molecule has 4 N–H and O–H groups in total. The van der Waals surface area contributed by atoms with Gasteiger partial charge < -0.3 is 20.7 Å². The third-order valence-corrected chi connectivity index (χ3v) is 8.04. The maximum absolute atomic E-state index is 13.2. The van der Waals surface area contributed by atoms with Crippen LogP contribution in [0.2, 0.25) is 0 Å². The number of allylic oxidation sites excluding steroid dienone is 1. The molecule has 5 atom stereocenters. The first-order chi connectivity index (χ1) is 16.4. The van der Waals surface area contributed by atoms with Crippen molar-refractivity contribution in [2.24, 2.45) is 23.0 Å². The quantitative estimate of drug-likeness (QED) is 0.410. The fraction of sp³-hybridized carbons (Fsp3) is 0.667. The summed E-state index contributed by atoms with van der Waals surface area (Å²) >= 11 is 1.48. The van der Waals surface area contributed by atoms with Gasteiger partial charge in [0.1, 0.15) is 16.9 Å². The van der Waals surface area contributed by atoms with Crippen molar-refractivity contribution in [2.45, 2.75) is 98.5 Å². The number of Topliss-reactive ketones (excluding diaryl/α,β-unsaturated/α-hetero) is 1. The zero-order valence-electron chi connectivity index (χ0n) is 21.9. The van der Waals surface area contributed by atoms with Gasteiger partial charge in [-0.25, -0.2) is 4.98 Å². The minimum Gasteiger partial charge on any atom is -0.457 e. The number of aliphatic hydroxyl groups excluding tert-OH is 2. The zero-order chi connectivity index (χ0) is 26.3. The Bertz CT molecular complexity index is 936. The third kappa shape index (κ3) is 8.07. The molecule has 0 amide bonds. The van der Waals surface area contributed by atoms with Gasteiger partial charge >= 0.3 is 5.97 Å². The Kier molecular flexibility index (Phi) is 10.8. The molecule has 196 valence electrons. The van der Waals surface area contributed by atoms with Gasteiger partial charge in [0.2, 0.25) is 0 Å². The Morgan fingerprint density at radius 1 is 1.31 bits per heavy atom. The van der Waals surface area contributed by atoms with Crippen molar-refractivity contribution < 1.29 is 24.5 Å². The van der Waals surface area contributed by atoms with Crippen LogP contribution >= 0.6 is 11.3 Å². The van der Waals surface area contributed by atoms with E-state index in [-0.39, 0.29) is 18.1 Å². The lowest BCUT2D eigenvalue weighted by molar-refractivity contribution is -0.154. The lowest BCUT2D eigenvalue weighted by Crippen LogP contribution is -2.45. The van der Waals surface area contributed by atoms with Gasteiger partial charge in [0.15, 0.2) is 0 Å². The maximum atomic E-state index is 13.2. The molecule has 2 rings (SSSR count). The molecule has 0 aliphatic carbocycles. The van der Waals surface area contributed by atoms with Crippen LogP contribution in [-0.2, 0) is 20.9 Å². The first kappa shape index (κ1) is 29.4. The number of esters is 1. The molecule has 5 unspecified atom stereocenters. The molecule has 0 fully saturated rings. The van der Waals surface area contributed by atoms with E-state index in [9.17, 15) is 19.8 Å². The van der Waals surface area contributed by atoms with Crippen molar-refractivity contribution >= 4 is 29.2 Å². The molecule has 0 bridgehead atoms. The number of ether oxygens (including phenoxy) is 1. The number of ketones is 1. The smallest absolute Gasteiger partial charge is 0.309 e. The molecular weight excluding hydrogens is 464 g/mol. The van der Waals surface area contributed by atoms with E-state index in [0.717, 1.165) is 35.5 Å². The van der Waals surface area contributed by atoms with Crippen LogP contribution in [0.3, 0.4) is 0 Å². The van der Waals surface area contributed by atoms with Crippen LogP contribution in [0.25, 0.3) is 6.08 Å². The van der Waals surface area contributed by atoms with E-state index in [2.05, 4.69) is 18.0 Å². The van der Waals surface area contributed by atoms with Gasteiger partial charge in [-0.3, -0.25) is 9.59 Å². The Balaban J connectivity index is 2.33. The second-order valence-corrected chi connectivity index (χ2v) is 11.4. The summed E-state index contributed by atoms with van der Waals surface area (Å²) in [6, 6.07) is 0. The van der Waals surface area contributed by atoms with Crippen LogP contribution in [0.5, 0.6) is 0 Å². The van der Waals surface area contributed by atoms with Crippen LogP contribution in [0.15, 0.2) is 22.6 Å². The highest BCUT2D eigenvalue weighted by molar-refractivity contribution is 7.09. The Morgan fingerprint density at radius 2 is 2.00 bits per heavy atom. The molecule has 1 aromatic heterocycles. The second kappa shape index (κ2) is 12.9. The summed E-state index contributed by atoms with van der Waals surface area (Å²) in [5.74, 6) is -1.53. The topological polar surface area (TPSA) is 123 Å². The van der Waals surface area contributed by atoms with Gasteiger partial charge in [-0.15, -0.1) is 11.3 Å². The highest BCUT2D eigenvalue weighted by atomic mass is 32.1. The summed E-state index contributed by atoms with van der Waals surface area (Å²) in [7, 11) is 0. The number of hydrogen-bond donors (Lipinski definition) is 3. The number of rotatable bonds is 3. The molecule has 1 aliphatic heterocycles. The maximum Gasteiger partial charge on any atom is 0.309 e. The lowest BCUT2D eigenvalue weighted by Gasteiger charge is -2.34. The highest BCUT2D eigenvalue weighted by Gasteiger charge is 2.42. The summed E-state index contributed by atoms with van der Waals surface area (Å²) < 4.78 is 5.81. The predicted molar refractivity (Wildman–Crippen MR) is 140 cm³/mol. The van der Waals surface area contributed by atoms with Crippen molar-refractivity contribution in [1.29, 1.82) is 0 Å². The summed E-state index contributed by atoms with van der Waals surface area (Å²) in [5, 5.41) is 24.4. The molecule has 1 aliphatic rings. The number of nitrogens with zero attached hydrogens (tertiary/aromatic N) is 1. The van der Waals surface area contributed by atoms with Crippen molar-refractivity contribution in [3.8, 4) is 0 Å². The van der Waals surface area contributed by atoms with E-state index in [1.165, 1.54) is 16.9 Å². The van der Waals surface area contributed by atoms with Crippen molar-refractivity contribution in [3.05, 3.63) is 33.3 Å². The number of thiazole rings is 1. The average Bonchev–Trinajstić information content (AvgIpc) is 3.26. The van der Waals surface area contributed by atoms with Crippen LogP contribution in [0.1, 0.15) is 84.3 Å². The van der Waals surface area contributed by atoms with Crippen molar-refractivity contribution in [3.63, 3.8) is 0 Å². The molecule has 0 aromatic carbocycles. The molecule has 0 saturated carbocycles. The van der Waals surface area contributed by atoms with E-state index >= 15 is 0 Å². The van der Waals surface area contributed by atoms with Crippen LogP contribution in [0, 0.1) is 17.3 Å². The van der Waals surface area contributed by atoms with Gasteiger partial charge in [0.25, 0.3) is 0 Å². The standard InChI is InChI=1S/C27H42N2O5S/c1-16-8-7-9-17(2)25(32)19(4)26(33)27(5,6)22(30)13-24(31)34-21(11-10-16)18(3)12-20-15-35-23(14-28)29-20/h10,12,15,17,19,21-22,25,30,32H,7-9,11,13-14,28H2,1-6H3. The molecule has 0 spiro atoms. The van der Waals surface area contributed by atoms with E-state index in [1.807, 2.05) is 25.3 Å². The van der Waals surface area contributed by atoms with Crippen molar-refractivity contribution in [2.75, 3.05) is 0 Å². The molecule has 0 saturated heterocycles. The number of nitrogens with two attached hydrogens (primary N) is 1. The SMILES string of the molecule is CC1=CCC(C(C)=Cc2csc(CN)n2)OC(=O)CC(O)C(C)(C)C(=O)C(C)C(O)C(C)CCC1. The number of carbonyl (C=O) groups excluding carboxylic acids is 2. The largest absolute Gasteiger partial charge is 0.457 e. The number of cyclic esters (lactones) is 1. The normalized spacial score (nSPS) is 30.0. The third-order valence-electron chi connectivity index (χ3n) is 7.15. The molecule has 1 aromatic rings. The summed E-state index contributed by atoms with van der Waals surface area (Å²) in [6.07, 6.45) is 4.15. The van der Waals surface area contributed by atoms with Gasteiger partial charge in [-0.2, -0.15) is 0 Å². The minimum absolute atomic E-state index is 0.0537. The van der Waals surface area contributed by atoms with E-state index in [0.29, 0.717) is 13.0 Å². The zero-order valence-corrected chi connectivity index (χ0v) is 22.7. The fourth-order valence-electron chi connectivity index (χ4n) is 4.44. The Labute approximate surface area is 213 Å². The van der Waals surface area contributed by atoms with E-state index in [4.69, 9.17) is 10.5 Å². The average molecular weight is 507 g/mol. The summed E-state index contributed by atoms with van der Waals surface area (Å²) in [5.41, 5.74) is 7.26. The predicted octanol–water partition coefficient (Wildman–Crippen LogP) is 4.42.